The molecule has 2 amide bonds. The molecule has 0 radical (unpaired) electrons. The van der Waals surface area contributed by atoms with Gasteiger partial charge in [0.1, 0.15) is 5.82 Å². The van der Waals surface area contributed by atoms with E-state index in [0.29, 0.717) is 19.6 Å². The van der Waals surface area contributed by atoms with Crippen molar-refractivity contribution in [2.75, 3.05) is 13.1 Å². The lowest BCUT2D eigenvalue weighted by molar-refractivity contribution is -0.126. The van der Waals surface area contributed by atoms with E-state index in [1.165, 1.54) is 12.1 Å². The molecular weight excluding hydrogens is 343 g/mol. The molecule has 1 aliphatic rings. The number of carbonyl (C=O) groups is 2. The van der Waals surface area contributed by atoms with Crippen LogP contribution in [0, 0.1) is 25.6 Å². The van der Waals surface area contributed by atoms with Gasteiger partial charge in [-0.05, 0) is 49.9 Å². The molecule has 1 N–H and O–H groups in total. The largest absolute Gasteiger partial charge is 0.352 e. The number of carbonyl (C=O) groups excluding carboxylic acids is 2. The normalized spacial score (nSPS) is 16.9. The Morgan fingerprint density at radius 3 is 2.74 bits per heavy atom. The van der Waals surface area contributed by atoms with Crippen LogP contribution in [0.4, 0.5) is 4.39 Å². The molecule has 0 saturated carbocycles. The Labute approximate surface area is 159 Å². The summed E-state index contributed by atoms with van der Waals surface area (Å²) in [6.07, 6.45) is 1.47. The molecule has 0 spiro atoms. The first-order valence-electron chi connectivity index (χ1n) is 9.33. The Morgan fingerprint density at radius 1 is 1.19 bits per heavy atom. The van der Waals surface area contributed by atoms with Gasteiger partial charge in [-0.25, -0.2) is 4.39 Å². The molecule has 27 heavy (non-hydrogen) atoms. The summed E-state index contributed by atoms with van der Waals surface area (Å²) in [5.74, 6) is -1.19. The molecule has 1 aliphatic heterocycles. The quantitative estimate of drug-likeness (QED) is 0.896. The van der Waals surface area contributed by atoms with Gasteiger partial charge in [0.2, 0.25) is 5.91 Å². The Hall–Kier alpha value is -2.69. The van der Waals surface area contributed by atoms with Crippen LogP contribution in [0.2, 0.25) is 0 Å². The van der Waals surface area contributed by atoms with Crippen molar-refractivity contribution in [1.29, 1.82) is 0 Å². The van der Waals surface area contributed by atoms with Gasteiger partial charge >= 0.3 is 0 Å². The van der Waals surface area contributed by atoms with Crippen LogP contribution in [0.1, 0.15) is 39.9 Å². The molecule has 2 aromatic carbocycles. The average molecular weight is 368 g/mol. The fourth-order valence-electron chi connectivity index (χ4n) is 3.50. The van der Waals surface area contributed by atoms with Gasteiger partial charge < -0.3 is 10.2 Å². The van der Waals surface area contributed by atoms with E-state index in [2.05, 4.69) is 11.4 Å². The zero-order chi connectivity index (χ0) is 19.4. The second kappa shape index (κ2) is 8.33. The molecule has 0 unspecified atom stereocenters. The molecule has 0 aromatic heterocycles. The molecule has 5 heteroatoms. The highest BCUT2D eigenvalue weighted by Crippen LogP contribution is 2.20. The van der Waals surface area contributed by atoms with Crippen molar-refractivity contribution in [3.05, 3.63) is 70.5 Å². The van der Waals surface area contributed by atoms with Gasteiger partial charge in [-0.3, -0.25) is 9.59 Å². The van der Waals surface area contributed by atoms with Gasteiger partial charge in [-0.1, -0.05) is 35.9 Å². The summed E-state index contributed by atoms with van der Waals surface area (Å²) in [4.78, 5) is 26.8. The number of piperidine rings is 1. The minimum Gasteiger partial charge on any atom is -0.352 e. The summed E-state index contributed by atoms with van der Waals surface area (Å²) in [7, 11) is 0. The molecule has 142 valence electrons. The summed E-state index contributed by atoms with van der Waals surface area (Å²) in [5.41, 5.74) is 3.46. The van der Waals surface area contributed by atoms with Gasteiger partial charge in [0, 0.05) is 19.6 Å². The zero-order valence-corrected chi connectivity index (χ0v) is 15.8. The minimum absolute atomic E-state index is 0.0538. The predicted octanol–water partition coefficient (Wildman–Crippen LogP) is 3.61. The molecule has 1 saturated heterocycles. The SMILES string of the molecule is Cc1ccc(C)c(CNC(=O)[C@H]2CCCN(C(=O)c3ccccc3F)C2)c1. The van der Waals surface area contributed by atoms with Crippen molar-refractivity contribution in [3.63, 3.8) is 0 Å². The first-order valence-corrected chi connectivity index (χ1v) is 9.33. The van der Waals surface area contributed by atoms with E-state index in [-0.39, 0.29) is 23.3 Å². The third-order valence-electron chi connectivity index (χ3n) is 5.14. The van der Waals surface area contributed by atoms with E-state index in [1.54, 1.807) is 17.0 Å². The van der Waals surface area contributed by atoms with Crippen molar-refractivity contribution in [3.8, 4) is 0 Å². The molecule has 2 aromatic rings. The lowest BCUT2D eigenvalue weighted by Gasteiger charge is -2.32. The highest BCUT2D eigenvalue weighted by molar-refractivity contribution is 5.95. The van der Waals surface area contributed by atoms with Gasteiger partial charge in [-0.2, -0.15) is 0 Å². The number of halogens is 1. The van der Waals surface area contributed by atoms with Crippen LogP contribution in [-0.2, 0) is 11.3 Å². The Balaban J connectivity index is 1.62. The summed E-state index contributed by atoms with van der Waals surface area (Å²) in [5, 5.41) is 3.00. The fourth-order valence-corrected chi connectivity index (χ4v) is 3.50. The summed E-state index contributed by atoms with van der Waals surface area (Å²) in [6, 6.07) is 12.2. The van der Waals surface area contributed by atoms with Crippen molar-refractivity contribution in [1.82, 2.24) is 10.2 Å². The Morgan fingerprint density at radius 2 is 1.96 bits per heavy atom. The van der Waals surface area contributed by atoms with Gasteiger partial charge in [0.05, 0.1) is 11.5 Å². The second-order valence-electron chi connectivity index (χ2n) is 7.22. The Bertz CT molecular complexity index is 850. The maximum Gasteiger partial charge on any atom is 0.256 e. The second-order valence-corrected chi connectivity index (χ2v) is 7.22. The fraction of sp³-hybridized carbons (Fsp3) is 0.364. The monoisotopic (exact) mass is 368 g/mol. The summed E-state index contributed by atoms with van der Waals surface area (Å²) < 4.78 is 13.9. The van der Waals surface area contributed by atoms with Gasteiger partial charge in [0.25, 0.3) is 5.91 Å². The zero-order valence-electron chi connectivity index (χ0n) is 15.8. The van der Waals surface area contributed by atoms with E-state index < -0.39 is 5.82 Å². The van der Waals surface area contributed by atoms with Crippen LogP contribution >= 0.6 is 0 Å². The van der Waals surface area contributed by atoms with Crippen LogP contribution in [-0.4, -0.2) is 29.8 Å². The molecular formula is C22H25FN2O2. The Kier molecular flexibility index (Phi) is 5.89. The lowest BCUT2D eigenvalue weighted by Crippen LogP contribution is -2.45. The number of nitrogens with zero attached hydrogens (tertiary/aromatic N) is 1. The van der Waals surface area contributed by atoms with Crippen molar-refractivity contribution in [2.45, 2.75) is 33.2 Å². The predicted molar refractivity (Wildman–Crippen MR) is 103 cm³/mol. The first-order chi connectivity index (χ1) is 13.0. The molecule has 1 atom stereocenters. The van der Waals surface area contributed by atoms with Crippen molar-refractivity contribution in [2.24, 2.45) is 5.92 Å². The third kappa shape index (κ3) is 4.54. The number of amides is 2. The average Bonchev–Trinajstić information content (AvgIpc) is 2.68. The van der Waals surface area contributed by atoms with E-state index in [4.69, 9.17) is 0 Å². The minimum atomic E-state index is -0.524. The van der Waals surface area contributed by atoms with Crippen LogP contribution in [0.25, 0.3) is 0 Å². The molecule has 3 rings (SSSR count). The standard InChI is InChI=1S/C22H25FN2O2/c1-15-9-10-16(2)18(12-15)13-24-21(26)17-6-5-11-25(14-17)22(27)19-7-3-4-8-20(19)23/h3-4,7-10,12,17H,5-6,11,13-14H2,1-2H3,(H,24,26)/t17-/m0/s1. The first kappa shape index (κ1) is 19.1. The number of benzene rings is 2. The third-order valence-corrected chi connectivity index (χ3v) is 5.14. The van der Waals surface area contributed by atoms with E-state index in [0.717, 1.165) is 29.5 Å². The summed E-state index contributed by atoms with van der Waals surface area (Å²) >= 11 is 0. The molecule has 0 bridgehead atoms. The maximum absolute atomic E-state index is 13.9. The highest BCUT2D eigenvalue weighted by Gasteiger charge is 2.29. The highest BCUT2D eigenvalue weighted by atomic mass is 19.1. The van der Waals surface area contributed by atoms with Crippen LogP contribution in [0.15, 0.2) is 42.5 Å². The lowest BCUT2D eigenvalue weighted by atomic mass is 9.96. The van der Waals surface area contributed by atoms with E-state index in [1.807, 2.05) is 26.0 Å². The van der Waals surface area contributed by atoms with Crippen molar-refractivity contribution >= 4 is 11.8 Å². The number of nitrogens with one attached hydrogen (secondary N) is 1. The van der Waals surface area contributed by atoms with Crippen molar-refractivity contribution < 1.29 is 14.0 Å². The van der Waals surface area contributed by atoms with Crippen LogP contribution in [0.3, 0.4) is 0 Å². The molecule has 1 heterocycles. The molecule has 4 nitrogen and oxygen atoms in total. The summed E-state index contributed by atoms with van der Waals surface area (Å²) in [6.45, 7) is 5.40. The number of hydrogen-bond acceptors (Lipinski definition) is 2. The van der Waals surface area contributed by atoms with Gasteiger partial charge in [0.15, 0.2) is 0 Å². The van der Waals surface area contributed by atoms with Gasteiger partial charge in [-0.15, -0.1) is 0 Å². The maximum atomic E-state index is 13.9. The van der Waals surface area contributed by atoms with Crippen LogP contribution < -0.4 is 5.32 Å². The van der Waals surface area contributed by atoms with E-state index >= 15 is 0 Å². The number of rotatable bonds is 4. The number of hydrogen-bond donors (Lipinski definition) is 1. The molecule has 1 fully saturated rings. The smallest absolute Gasteiger partial charge is 0.256 e. The number of likely N-dealkylation sites (tertiary alicyclic amines) is 1. The van der Waals surface area contributed by atoms with Crippen LogP contribution in [0.5, 0.6) is 0 Å². The number of aryl methyl sites for hydroxylation is 2. The molecule has 0 aliphatic carbocycles. The topological polar surface area (TPSA) is 49.4 Å². The van der Waals surface area contributed by atoms with E-state index in [9.17, 15) is 14.0 Å².